The molecule has 18 heteroatoms. The van der Waals surface area contributed by atoms with Gasteiger partial charge in [-0.2, -0.15) is 0 Å². The van der Waals surface area contributed by atoms with Crippen molar-refractivity contribution in [3.63, 3.8) is 0 Å². The molecule has 17 nitrogen and oxygen atoms in total. The van der Waals surface area contributed by atoms with Gasteiger partial charge in [-0.1, -0.05) is 41.0 Å². The number of hydrogen-bond donors (Lipinski definition) is 3. The molecule has 1 fully saturated rings. The van der Waals surface area contributed by atoms with Crippen molar-refractivity contribution in [1.29, 1.82) is 0 Å². The summed E-state index contributed by atoms with van der Waals surface area (Å²) in [6.07, 6.45) is 2.77. The molecule has 0 aliphatic carbocycles. The Hall–Kier alpha value is -3.26. The summed E-state index contributed by atoms with van der Waals surface area (Å²) in [5.74, 6) is -2.21. The molecule has 0 spiro atoms. The van der Waals surface area contributed by atoms with Crippen LogP contribution in [0.25, 0.3) is 0 Å². The van der Waals surface area contributed by atoms with E-state index in [1.54, 1.807) is 44.1 Å². The molecule has 2 heterocycles. The zero-order chi connectivity index (χ0) is 43.2. The van der Waals surface area contributed by atoms with E-state index in [2.05, 4.69) is 15.6 Å². The van der Waals surface area contributed by atoms with Gasteiger partial charge in [-0.15, -0.1) is 11.3 Å². The maximum atomic E-state index is 14.0. The number of aromatic nitrogens is 1. The minimum atomic E-state index is -0.812. The van der Waals surface area contributed by atoms with Crippen LogP contribution in [0.1, 0.15) is 71.7 Å². The van der Waals surface area contributed by atoms with Gasteiger partial charge < -0.3 is 54.8 Å². The number of ether oxygens (including phenoxy) is 5. The van der Waals surface area contributed by atoms with Gasteiger partial charge >= 0.3 is 0 Å². The number of nitrogens with one attached hydrogen (secondary N) is 2. The van der Waals surface area contributed by atoms with Crippen LogP contribution in [0, 0.1) is 17.8 Å². The van der Waals surface area contributed by atoms with E-state index >= 15 is 0 Å². The Bertz CT molecular complexity index is 1370. The molecule has 1 aromatic rings. The van der Waals surface area contributed by atoms with Crippen LogP contribution in [-0.4, -0.2) is 167 Å². The molecule has 0 saturated carbocycles. The van der Waals surface area contributed by atoms with Crippen molar-refractivity contribution in [2.75, 3.05) is 87.6 Å². The summed E-state index contributed by atoms with van der Waals surface area (Å²) in [7, 11) is 6.32. The second-order valence-corrected chi connectivity index (χ2v) is 16.1. The number of hydrogen-bond acceptors (Lipinski definition) is 13. The van der Waals surface area contributed by atoms with Crippen molar-refractivity contribution in [3.05, 3.63) is 16.6 Å². The molecule has 332 valence electrons. The lowest BCUT2D eigenvalue weighted by molar-refractivity contribution is -0.146. The van der Waals surface area contributed by atoms with Gasteiger partial charge in [-0.25, -0.2) is 4.98 Å². The first-order valence-electron chi connectivity index (χ1n) is 20.5. The first-order valence-corrected chi connectivity index (χ1v) is 21.3. The van der Waals surface area contributed by atoms with Gasteiger partial charge in [-0.05, 0) is 24.7 Å². The Morgan fingerprint density at radius 1 is 0.914 bits per heavy atom. The molecular formula is C40H71N7O10S. The fourth-order valence-corrected chi connectivity index (χ4v) is 7.98. The van der Waals surface area contributed by atoms with E-state index in [0.717, 1.165) is 11.4 Å². The Labute approximate surface area is 349 Å². The highest BCUT2D eigenvalue weighted by molar-refractivity contribution is 7.09. The third-order valence-corrected chi connectivity index (χ3v) is 11.6. The van der Waals surface area contributed by atoms with Crippen molar-refractivity contribution in [3.8, 4) is 0 Å². The highest BCUT2D eigenvalue weighted by atomic mass is 32.1. The van der Waals surface area contributed by atoms with Gasteiger partial charge in [0.15, 0.2) is 0 Å². The summed E-state index contributed by atoms with van der Waals surface area (Å²) in [6.45, 7) is 12.7. The Kier molecular flexibility index (Phi) is 24.1. The van der Waals surface area contributed by atoms with E-state index < -0.39 is 36.1 Å². The maximum Gasteiger partial charge on any atom is 0.243 e. The van der Waals surface area contributed by atoms with E-state index in [9.17, 15) is 24.0 Å². The maximum absolute atomic E-state index is 14.0. The number of carbonyl (C=O) groups excluding carboxylic acids is 5. The molecule has 1 unspecified atom stereocenters. The number of rotatable bonds is 29. The van der Waals surface area contributed by atoms with Crippen LogP contribution >= 0.6 is 11.3 Å². The SMILES string of the molecule is CC[C@H](C)[C@@H]([C@@H](CC(=O)N1CCC[C@H]1[C@H](OC)[C@@H](C)C(=O)NCc1nccs1)OC)N(C)C(=O)CNC(=O)C(C(C)C)N(C)C(=O)CCOCCOCCOCCN. The fourth-order valence-electron chi connectivity index (χ4n) is 7.42. The molecule has 1 aliphatic heterocycles. The minimum absolute atomic E-state index is 0.0102. The van der Waals surface area contributed by atoms with Crippen LogP contribution in [0.2, 0.25) is 0 Å². The van der Waals surface area contributed by atoms with Crippen LogP contribution in [-0.2, 0) is 54.2 Å². The number of amides is 5. The van der Waals surface area contributed by atoms with Gasteiger partial charge in [0, 0.05) is 53.0 Å². The largest absolute Gasteiger partial charge is 0.379 e. The second-order valence-electron chi connectivity index (χ2n) is 15.1. The van der Waals surface area contributed by atoms with Crippen molar-refractivity contribution >= 4 is 40.9 Å². The number of likely N-dealkylation sites (N-methyl/N-ethyl adjacent to an activating group) is 2. The third-order valence-electron chi connectivity index (χ3n) is 10.8. The fraction of sp³-hybridized carbons (Fsp3) is 0.800. The van der Waals surface area contributed by atoms with E-state index in [1.807, 2.05) is 33.1 Å². The lowest BCUT2D eigenvalue weighted by Gasteiger charge is -2.39. The predicted octanol–water partition coefficient (Wildman–Crippen LogP) is 1.68. The summed E-state index contributed by atoms with van der Waals surface area (Å²) < 4.78 is 28.0. The normalized spacial score (nSPS) is 17.3. The molecule has 1 aromatic heterocycles. The molecule has 0 bridgehead atoms. The lowest BCUT2D eigenvalue weighted by atomic mass is 9.90. The van der Waals surface area contributed by atoms with Crippen molar-refractivity contribution < 1.29 is 47.7 Å². The van der Waals surface area contributed by atoms with Gasteiger partial charge in [-0.3, -0.25) is 24.0 Å². The molecule has 1 aliphatic rings. The summed E-state index contributed by atoms with van der Waals surface area (Å²) >= 11 is 1.46. The molecule has 58 heavy (non-hydrogen) atoms. The first kappa shape index (κ1) is 50.9. The molecule has 7 atom stereocenters. The minimum Gasteiger partial charge on any atom is -0.379 e. The average molecular weight is 842 g/mol. The zero-order valence-electron chi connectivity index (χ0n) is 36.2. The second kappa shape index (κ2) is 27.5. The number of likely N-dealkylation sites (tertiary alicyclic amines) is 1. The summed E-state index contributed by atoms with van der Waals surface area (Å²) in [6, 6.07) is -1.61. The third kappa shape index (κ3) is 16.1. The van der Waals surface area contributed by atoms with E-state index in [0.29, 0.717) is 65.5 Å². The van der Waals surface area contributed by atoms with Gasteiger partial charge in [0.05, 0.1) is 95.8 Å². The lowest BCUT2D eigenvalue weighted by Crippen LogP contribution is -2.55. The van der Waals surface area contributed by atoms with Crippen LogP contribution in [0.4, 0.5) is 0 Å². The quantitative estimate of drug-likeness (QED) is 0.0987. The first-order chi connectivity index (χ1) is 27.7. The van der Waals surface area contributed by atoms with Crippen molar-refractivity contribution in [2.45, 2.75) is 104 Å². The number of methoxy groups -OCH3 is 2. The van der Waals surface area contributed by atoms with E-state index in [4.69, 9.17) is 29.4 Å². The summed E-state index contributed by atoms with van der Waals surface area (Å²) in [5, 5.41) is 8.34. The predicted molar refractivity (Wildman–Crippen MR) is 221 cm³/mol. The van der Waals surface area contributed by atoms with Gasteiger partial charge in [0.25, 0.3) is 0 Å². The zero-order valence-corrected chi connectivity index (χ0v) is 37.1. The van der Waals surface area contributed by atoms with Crippen molar-refractivity contribution in [2.24, 2.45) is 23.5 Å². The summed E-state index contributed by atoms with van der Waals surface area (Å²) in [5.41, 5.74) is 5.38. The molecular weight excluding hydrogens is 771 g/mol. The van der Waals surface area contributed by atoms with Crippen molar-refractivity contribution in [1.82, 2.24) is 30.3 Å². The van der Waals surface area contributed by atoms with E-state index in [1.165, 1.54) is 23.3 Å². The Morgan fingerprint density at radius 2 is 1.57 bits per heavy atom. The standard InChI is InChI=1S/C40H71N7O10S/c1-10-28(4)37(31(53-8)24-34(49)47-16-11-12-30(47)38(54-9)29(5)39(51)43-25-32-42-15-23-58-32)46(7)35(50)26-44-40(52)36(27(2)3)45(6)33(48)13-17-55-19-21-57-22-20-56-18-14-41/h15,23,27-31,36-38H,10-14,16-22,24-26,41H2,1-9H3,(H,43,51)(H,44,52)/t28-,29+,30-,31+,36?,37-,38+/m0/s1. The topological polar surface area (TPSA) is 204 Å². The molecule has 0 radical (unpaired) electrons. The number of thiazole rings is 1. The molecule has 1 saturated heterocycles. The average Bonchev–Trinajstić information content (AvgIpc) is 3.92. The van der Waals surface area contributed by atoms with Gasteiger partial charge in [0.2, 0.25) is 29.5 Å². The number of nitrogens with two attached hydrogens (primary N) is 1. The molecule has 0 aromatic carbocycles. The smallest absolute Gasteiger partial charge is 0.243 e. The number of nitrogens with zero attached hydrogens (tertiary/aromatic N) is 4. The van der Waals surface area contributed by atoms with Crippen LogP contribution < -0.4 is 16.4 Å². The Balaban J connectivity index is 2.00. The van der Waals surface area contributed by atoms with E-state index in [-0.39, 0.29) is 67.5 Å². The summed E-state index contributed by atoms with van der Waals surface area (Å²) in [4.78, 5) is 76.3. The van der Waals surface area contributed by atoms with Crippen LogP contribution in [0.15, 0.2) is 11.6 Å². The number of carbonyl (C=O) groups is 5. The van der Waals surface area contributed by atoms with Crippen LogP contribution in [0.5, 0.6) is 0 Å². The van der Waals surface area contributed by atoms with Gasteiger partial charge in [0.1, 0.15) is 11.0 Å². The molecule has 5 amide bonds. The van der Waals surface area contributed by atoms with Crippen LogP contribution in [0.3, 0.4) is 0 Å². The highest BCUT2D eigenvalue weighted by Crippen LogP contribution is 2.29. The monoisotopic (exact) mass is 841 g/mol. The Morgan fingerprint density at radius 3 is 2.14 bits per heavy atom. The highest BCUT2D eigenvalue weighted by Gasteiger charge is 2.42. The molecule has 4 N–H and O–H groups in total. The molecule has 2 rings (SSSR count).